The van der Waals surface area contributed by atoms with Gasteiger partial charge in [0.25, 0.3) is 0 Å². The zero-order valence-corrected chi connectivity index (χ0v) is 9.72. The molecule has 0 aliphatic rings. The lowest BCUT2D eigenvalue weighted by Gasteiger charge is -2.03. The van der Waals surface area contributed by atoms with E-state index in [2.05, 4.69) is 31.6 Å². The second kappa shape index (κ2) is 4.35. The van der Waals surface area contributed by atoms with Crippen LogP contribution in [0, 0.1) is 0 Å². The Morgan fingerprint density at radius 2 is 1.94 bits per heavy atom. The van der Waals surface area contributed by atoms with E-state index in [4.69, 9.17) is 0 Å². The molecule has 2 heteroatoms. The van der Waals surface area contributed by atoms with Crippen LogP contribution in [0.2, 0.25) is 0 Å². The van der Waals surface area contributed by atoms with Crippen molar-refractivity contribution in [3.05, 3.63) is 54.4 Å². The molecule has 1 aromatic heterocycles. The summed E-state index contributed by atoms with van der Waals surface area (Å²) in [5.74, 6) is 0.434. The van der Waals surface area contributed by atoms with Gasteiger partial charge in [0.05, 0.1) is 17.1 Å². The maximum atomic E-state index is 4.60. The molecule has 2 nitrogen and oxygen atoms in total. The van der Waals surface area contributed by atoms with Crippen molar-refractivity contribution in [3.8, 4) is 5.69 Å². The quantitative estimate of drug-likeness (QED) is 0.759. The molecule has 0 atom stereocenters. The predicted molar refractivity (Wildman–Crippen MR) is 67.7 cm³/mol. The fraction of sp³-hybridized carbons (Fsp3) is 0.214. The summed E-state index contributed by atoms with van der Waals surface area (Å²) in [6, 6.07) is 12.2. The highest BCUT2D eigenvalue weighted by atomic mass is 15.3. The average Bonchev–Trinajstić information content (AvgIpc) is 2.74. The Bertz CT molecular complexity index is 481. The molecule has 0 unspecified atom stereocenters. The average molecular weight is 212 g/mol. The zero-order chi connectivity index (χ0) is 11.5. The number of nitrogens with zero attached hydrogens (tertiary/aromatic N) is 2. The summed E-state index contributed by atoms with van der Waals surface area (Å²) in [4.78, 5) is 0. The van der Waals surface area contributed by atoms with Crippen molar-refractivity contribution < 1.29 is 0 Å². The van der Waals surface area contributed by atoms with Crippen molar-refractivity contribution in [2.24, 2.45) is 0 Å². The lowest BCUT2D eigenvalue weighted by molar-refractivity contribution is 0.766. The first kappa shape index (κ1) is 10.7. The van der Waals surface area contributed by atoms with E-state index in [0.717, 1.165) is 17.1 Å². The van der Waals surface area contributed by atoms with Gasteiger partial charge in [-0.3, -0.25) is 0 Å². The summed E-state index contributed by atoms with van der Waals surface area (Å²) in [5, 5.41) is 4.60. The van der Waals surface area contributed by atoms with Crippen LogP contribution >= 0.6 is 0 Å². The zero-order valence-electron chi connectivity index (χ0n) is 9.72. The van der Waals surface area contributed by atoms with E-state index in [-0.39, 0.29) is 0 Å². The summed E-state index contributed by atoms with van der Waals surface area (Å²) in [7, 11) is 0. The normalized spacial score (nSPS) is 10.7. The molecule has 0 aliphatic carbocycles. The molecule has 0 amide bonds. The van der Waals surface area contributed by atoms with Crippen LogP contribution < -0.4 is 0 Å². The van der Waals surface area contributed by atoms with Crippen molar-refractivity contribution in [1.82, 2.24) is 9.78 Å². The van der Waals surface area contributed by atoms with Gasteiger partial charge in [-0.15, -0.1) is 0 Å². The number of para-hydroxylation sites is 1. The fourth-order valence-electron chi connectivity index (χ4n) is 1.62. The van der Waals surface area contributed by atoms with E-state index in [9.17, 15) is 0 Å². The van der Waals surface area contributed by atoms with Gasteiger partial charge >= 0.3 is 0 Å². The first-order valence-electron chi connectivity index (χ1n) is 5.50. The van der Waals surface area contributed by atoms with Gasteiger partial charge in [0.15, 0.2) is 0 Å². The van der Waals surface area contributed by atoms with Gasteiger partial charge in [-0.05, 0) is 30.2 Å². The molecule has 0 spiro atoms. The van der Waals surface area contributed by atoms with Crippen LogP contribution in [0.25, 0.3) is 11.8 Å². The molecule has 2 rings (SSSR count). The first-order chi connectivity index (χ1) is 7.72. The molecule has 0 bridgehead atoms. The molecule has 0 saturated carbocycles. The van der Waals surface area contributed by atoms with Gasteiger partial charge in [0.2, 0.25) is 0 Å². The third-order valence-electron chi connectivity index (χ3n) is 2.56. The lowest BCUT2D eigenvalue weighted by atomic mass is 10.1. The maximum absolute atomic E-state index is 4.60. The molecule has 2 aromatic rings. The Hall–Kier alpha value is -1.83. The smallest absolute Gasteiger partial charge is 0.0665 e. The second-order valence-electron chi connectivity index (χ2n) is 4.10. The van der Waals surface area contributed by atoms with Crippen LogP contribution in [0.15, 0.2) is 43.0 Å². The van der Waals surface area contributed by atoms with Crippen LogP contribution in [0.5, 0.6) is 0 Å². The van der Waals surface area contributed by atoms with Gasteiger partial charge in [-0.2, -0.15) is 5.10 Å². The van der Waals surface area contributed by atoms with Crippen LogP contribution in [0.3, 0.4) is 0 Å². The van der Waals surface area contributed by atoms with Crippen molar-refractivity contribution in [2.75, 3.05) is 0 Å². The van der Waals surface area contributed by atoms with Crippen molar-refractivity contribution in [3.63, 3.8) is 0 Å². The van der Waals surface area contributed by atoms with Crippen molar-refractivity contribution in [2.45, 2.75) is 19.8 Å². The summed E-state index contributed by atoms with van der Waals surface area (Å²) in [6.45, 7) is 8.12. The monoisotopic (exact) mass is 212 g/mol. The SMILES string of the molecule is C=Cc1cc(C(C)C)nn1-c1ccccc1. The third-order valence-corrected chi connectivity index (χ3v) is 2.56. The van der Waals surface area contributed by atoms with Gasteiger partial charge in [-0.1, -0.05) is 38.6 Å². The predicted octanol–water partition coefficient (Wildman–Crippen LogP) is 3.64. The third kappa shape index (κ3) is 1.91. The molecule has 0 saturated heterocycles. The van der Waals surface area contributed by atoms with Crippen LogP contribution in [0.1, 0.15) is 31.2 Å². The Kier molecular flexibility index (Phi) is 2.91. The molecule has 82 valence electrons. The van der Waals surface area contributed by atoms with Gasteiger partial charge < -0.3 is 0 Å². The number of hydrogen-bond acceptors (Lipinski definition) is 1. The number of rotatable bonds is 3. The van der Waals surface area contributed by atoms with Gasteiger partial charge in [0, 0.05) is 0 Å². The minimum Gasteiger partial charge on any atom is -0.233 e. The summed E-state index contributed by atoms with van der Waals surface area (Å²) in [5.41, 5.74) is 3.21. The Morgan fingerprint density at radius 1 is 1.25 bits per heavy atom. The Balaban J connectivity index is 2.52. The van der Waals surface area contributed by atoms with E-state index in [1.165, 1.54) is 0 Å². The number of benzene rings is 1. The van der Waals surface area contributed by atoms with E-state index in [1.807, 2.05) is 41.1 Å². The Labute approximate surface area is 96.2 Å². The van der Waals surface area contributed by atoms with E-state index < -0.39 is 0 Å². The molecule has 0 radical (unpaired) electrons. The molecule has 1 aromatic carbocycles. The summed E-state index contributed by atoms with van der Waals surface area (Å²) >= 11 is 0. The van der Waals surface area contributed by atoms with E-state index in [1.54, 1.807) is 0 Å². The largest absolute Gasteiger partial charge is 0.233 e. The molecular weight excluding hydrogens is 196 g/mol. The van der Waals surface area contributed by atoms with Crippen molar-refractivity contribution >= 4 is 6.08 Å². The first-order valence-corrected chi connectivity index (χ1v) is 5.50. The van der Waals surface area contributed by atoms with Gasteiger partial charge in [-0.25, -0.2) is 4.68 Å². The second-order valence-corrected chi connectivity index (χ2v) is 4.10. The highest BCUT2D eigenvalue weighted by Crippen LogP contribution is 2.18. The number of hydrogen-bond donors (Lipinski definition) is 0. The highest BCUT2D eigenvalue weighted by Gasteiger charge is 2.09. The summed E-state index contributed by atoms with van der Waals surface area (Å²) < 4.78 is 1.93. The molecule has 1 heterocycles. The van der Waals surface area contributed by atoms with E-state index >= 15 is 0 Å². The minimum atomic E-state index is 0.434. The van der Waals surface area contributed by atoms with Crippen LogP contribution in [-0.2, 0) is 0 Å². The van der Waals surface area contributed by atoms with E-state index in [0.29, 0.717) is 5.92 Å². The molecule has 16 heavy (non-hydrogen) atoms. The molecule has 0 fully saturated rings. The van der Waals surface area contributed by atoms with Gasteiger partial charge in [0.1, 0.15) is 0 Å². The molecule has 0 aliphatic heterocycles. The standard InChI is InChI=1S/C14H16N2/c1-4-12-10-14(11(2)3)15-16(12)13-8-6-5-7-9-13/h4-11H,1H2,2-3H3. The molecule has 0 N–H and O–H groups in total. The highest BCUT2D eigenvalue weighted by molar-refractivity contribution is 5.48. The van der Waals surface area contributed by atoms with Crippen LogP contribution in [0.4, 0.5) is 0 Å². The van der Waals surface area contributed by atoms with Crippen molar-refractivity contribution in [1.29, 1.82) is 0 Å². The summed E-state index contributed by atoms with van der Waals surface area (Å²) in [6.07, 6.45) is 1.84. The van der Waals surface area contributed by atoms with Crippen LogP contribution in [-0.4, -0.2) is 9.78 Å². The molecular formula is C14H16N2. The Morgan fingerprint density at radius 3 is 2.50 bits per heavy atom. The maximum Gasteiger partial charge on any atom is 0.0665 e. The fourth-order valence-corrected chi connectivity index (χ4v) is 1.62. The number of aromatic nitrogens is 2. The lowest BCUT2D eigenvalue weighted by Crippen LogP contribution is -1.99. The topological polar surface area (TPSA) is 17.8 Å². The minimum absolute atomic E-state index is 0.434.